The Morgan fingerprint density at radius 3 is 2.95 bits per heavy atom. The zero-order valence-electron chi connectivity index (χ0n) is 12.4. The second kappa shape index (κ2) is 5.65. The number of nitrogens with zero attached hydrogens (tertiary/aromatic N) is 2. The fourth-order valence-corrected chi connectivity index (χ4v) is 2.66. The number of nitrogens with one attached hydrogen (secondary N) is 1. The van der Waals surface area contributed by atoms with Gasteiger partial charge in [0.25, 0.3) is 0 Å². The van der Waals surface area contributed by atoms with E-state index in [4.69, 9.17) is 4.74 Å². The van der Waals surface area contributed by atoms with Gasteiger partial charge in [0, 0.05) is 49.6 Å². The van der Waals surface area contributed by atoms with Crippen molar-refractivity contribution in [3.05, 3.63) is 47.5 Å². The number of rotatable bonds is 5. The number of allylic oxidation sites excluding steroid dienone is 2. The molecule has 4 heteroatoms. The van der Waals surface area contributed by atoms with Crippen molar-refractivity contribution in [2.24, 2.45) is 0 Å². The number of ether oxygens (including phenoxy) is 1. The molecule has 0 aliphatic carbocycles. The van der Waals surface area contributed by atoms with Gasteiger partial charge >= 0.3 is 0 Å². The Morgan fingerprint density at radius 1 is 1.25 bits per heavy atom. The average molecular weight is 273 g/mol. The summed E-state index contributed by atoms with van der Waals surface area (Å²) < 4.78 is 5.84. The molecule has 3 heterocycles. The van der Waals surface area contributed by atoms with Crippen LogP contribution in [0.2, 0.25) is 0 Å². The van der Waals surface area contributed by atoms with Crippen molar-refractivity contribution >= 4 is 0 Å². The van der Waals surface area contributed by atoms with Gasteiger partial charge in [-0.15, -0.1) is 0 Å². The van der Waals surface area contributed by atoms with Crippen molar-refractivity contribution in [1.29, 1.82) is 0 Å². The molecule has 0 aromatic rings. The Balaban J connectivity index is 1.78. The first-order valence-corrected chi connectivity index (χ1v) is 7.56. The molecule has 0 amide bonds. The van der Waals surface area contributed by atoms with Crippen LogP contribution in [0.1, 0.15) is 33.1 Å². The van der Waals surface area contributed by atoms with Crippen LogP contribution in [-0.4, -0.2) is 29.6 Å². The van der Waals surface area contributed by atoms with Gasteiger partial charge in [0.1, 0.15) is 5.76 Å². The summed E-state index contributed by atoms with van der Waals surface area (Å²) in [7, 11) is 0. The minimum atomic E-state index is 0.859. The summed E-state index contributed by atoms with van der Waals surface area (Å²) in [6.07, 6.45) is 12.1. The summed E-state index contributed by atoms with van der Waals surface area (Å²) in [6, 6.07) is 0. The van der Waals surface area contributed by atoms with E-state index in [1.807, 2.05) is 0 Å². The first kappa shape index (κ1) is 13.2. The van der Waals surface area contributed by atoms with Gasteiger partial charge in [-0.05, 0) is 6.42 Å². The van der Waals surface area contributed by atoms with E-state index < -0.39 is 0 Å². The van der Waals surface area contributed by atoms with Crippen molar-refractivity contribution in [2.75, 3.05) is 19.8 Å². The van der Waals surface area contributed by atoms with E-state index in [0.717, 1.165) is 37.8 Å². The standard InChI is InChI=1S/C16H23N3O/c1-3-5-6-18-7-8-19(12-18)15-10-14(4-2)20-16-9-13(15)11-17-16/h7-10,17H,3-6,11-12H2,1-2H3. The van der Waals surface area contributed by atoms with Crippen LogP contribution in [0.5, 0.6) is 0 Å². The summed E-state index contributed by atoms with van der Waals surface area (Å²) in [4.78, 5) is 4.69. The molecule has 0 saturated heterocycles. The Kier molecular flexibility index (Phi) is 3.72. The number of hydrogen-bond acceptors (Lipinski definition) is 4. The average Bonchev–Trinajstić information content (AvgIpc) is 3.05. The van der Waals surface area contributed by atoms with Crippen molar-refractivity contribution in [3.8, 4) is 0 Å². The largest absolute Gasteiger partial charge is 0.446 e. The van der Waals surface area contributed by atoms with Gasteiger partial charge in [0.2, 0.25) is 0 Å². The number of hydrogen-bond donors (Lipinski definition) is 1. The molecule has 0 saturated carbocycles. The van der Waals surface area contributed by atoms with Gasteiger partial charge in [0.05, 0.1) is 12.4 Å². The highest BCUT2D eigenvalue weighted by Crippen LogP contribution is 2.28. The van der Waals surface area contributed by atoms with Gasteiger partial charge in [-0.25, -0.2) is 0 Å². The molecule has 0 atom stereocenters. The lowest BCUT2D eigenvalue weighted by Crippen LogP contribution is -2.27. The molecule has 0 aromatic carbocycles. The quantitative estimate of drug-likeness (QED) is 0.833. The monoisotopic (exact) mass is 273 g/mol. The van der Waals surface area contributed by atoms with Crippen LogP contribution in [-0.2, 0) is 4.74 Å². The van der Waals surface area contributed by atoms with E-state index in [2.05, 4.69) is 53.5 Å². The predicted molar refractivity (Wildman–Crippen MR) is 80.0 cm³/mol. The van der Waals surface area contributed by atoms with Crippen LogP contribution in [0.15, 0.2) is 47.5 Å². The van der Waals surface area contributed by atoms with Gasteiger partial charge in [0.15, 0.2) is 5.88 Å². The predicted octanol–water partition coefficient (Wildman–Crippen LogP) is 2.86. The summed E-state index contributed by atoms with van der Waals surface area (Å²) >= 11 is 0. The zero-order valence-corrected chi connectivity index (χ0v) is 12.4. The smallest absolute Gasteiger partial charge is 0.193 e. The lowest BCUT2D eigenvalue weighted by Gasteiger charge is -2.24. The summed E-state index contributed by atoms with van der Waals surface area (Å²) in [5.74, 6) is 1.91. The highest BCUT2D eigenvalue weighted by Gasteiger charge is 2.23. The third-order valence-electron chi connectivity index (χ3n) is 3.87. The van der Waals surface area contributed by atoms with Crippen molar-refractivity contribution in [2.45, 2.75) is 33.1 Å². The molecular formula is C16H23N3O. The molecule has 1 N–H and O–H groups in total. The number of unbranched alkanes of at least 4 members (excludes halogenated alkanes) is 1. The molecule has 0 radical (unpaired) electrons. The van der Waals surface area contributed by atoms with Crippen LogP contribution < -0.4 is 5.32 Å². The van der Waals surface area contributed by atoms with Gasteiger partial charge in [-0.3, -0.25) is 0 Å². The van der Waals surface area contributed by atoms with E-state index in [1.54, 1.807) is 0 Å². The van der Waals surface area contributed by atoms with E-state index in [0.29, 0.717) is 0 Å². The maximum absolute atomic E-state index is 5.84. The lowest BCUT2D eigenvalue weighted by molar-refractivity contribution is 0.267. The highest BCUT2D eigenvalue weighted by molar-refractivity contribution is 5.42. The summed E-state index contributed by atoms with van der Waals surface area (Å²) in [5.41, 5.74) is 2.57. The minimum Gasteiger partial charge on any atom is -0.446 e. The Morgan fingerprint density at radius 2 is 2.15 bits per heavy atom. The van der Waals surface area contributed by atoms with Gasteiger partial charge in [-0.1, -0.05) is 20.3 Å². The van der Waals surface area contributed by atoms with Gasteiger partial charge < -0.3 is 19.9 Å². The Bertz CT molecular complexity index is 502. The second-order valence-electron chi connectivity index (χ2n) is 5.41. The molecule has 0 unspecified atom stereocenters. The molecule has 0 spiro atoms. The molecule has 108 valence electrons. The first-order chi connectivity index (χ1) is 9.80. The molecule has 0 fully saturated rings. The SMILES string of the molecule is CCCCN1C=CN(C2=C3C=C(NC3)OC(CC)=C2)C1. The minimum absolute atomic E-state index is 0.859. The molecule has 3 aliphatic rings. The fraction of sp³-hybridized carbons (Fsp3) is 0.500. The van der Waals surface area contributed by atoms with Crippen LogP contribution in [0, 0.1) is 0 Å². The van der Waals surface area contributed by atoms with Crippen molar-refractivity contribution < 1.29 is 4.74 Å². The third kappa shape index (κ3) is 2.55. The van der Waals surface area contributed by atoms with E-state index in [9.17, 15) is 0 Å². The number of fused-ring (bicyclic) bond motifs is 1. The second-order valence-corrected chi connectivity index (χ2v) is 5.41. The maximum atomic E-state index is 5.84. The molecule has 20 heavy (non-hydrogen) atoms. The van der Waals surface area contributed by atoms with Crippen molar-refractivity contribution in [1.82, 2.24) is 15.1 Å². The van der Waals surface area contributed by atoms with Crippen molar-refractivity contribution in [3.63, 3.8) is 0 Å². The van der Waals surface area contributed by atoms with E-state index in [-0.39, 0.29) is 0 Å². The lowest BCUT2D eigenvalue weighted by atomic mass is 10.2. The molecular weight excluding hydrogens is 250 g/mol. The molecule has 0 aromatic heterocycles. The highest BCUT2D eigenvalue weighted by atomic mass is 16.5. The van der Waals surface area contributed by atoms with E-state index in [1.165, 1.54) is 24.1 Å². The van der Waals surface area contributed by atoms with Gasteiger partial charge in [-0.2, -0.15) is 0 Å². The normalized spacial score (nSPS) is 20.7. The summed E-state index contributed by atoms with van der Waals surface area (Å²) in [5, 5.41) is 3.30. The van der Waals surface area contributed by atoms with Crippen LogP contribution in [0.25, 0.3) is 0 Å². The molecule has 3 rings (SSSR count). The third-order valence-corrected chi connectivity index (χ3v) is 3.87. The van der Waals surface area contributed by atoms with Crippen LogP contribution in [0.4, 0.5) is 0 Å². The fourth-order valence-electron chi connectivity index (χ4n) is 2.66. The maximum Gasteiger partial charge on any atom is 0.193 e. The zero-order chi connectivity index (χ0) is 13.9. The Labute approximate surface area is 121 Å². The summed E-state index contributed by atoms with van der Waals surface area (Å²) in [6.45, 7) is 7.29. The molecule has 4 nitrogen and oxygen atoms in total. The topological polar surface area (TPSA) is 27.7 Å². The van der Waals surface area contributed by atoms with Crippen LogP contribution in [0.3, 0.4) is 0 Å². The molecule has 3 aliphatic heterocycles. The molecule has 2 bridgehead atoms. The van der Waals surface area contributed by atoms with E-state index >= 15 is 0 Å². The Hall–Kier alpha value is -1.84. The van der Waals surface area contributed by atoms with Crippen LogP contribution >= 0.6 is 0 Å². The first-order valence-electron chi connectivity index (χ1n) is 7.56.